The molecule has 0 radical (unpaired) electrons. The molecule has 0 atom stereocenters. The van der Waals surface area contributed by atoms with Crippen molar-refractivity contribution in [2.45, 2.75) is 12.8 Å². The molecule has 6 N–H and O–H groups in total. The molecule has 6 heteroatoms. The minimum absolute atomic E-state index is 0.421. The minimum atomic E-state index is -1.16. The van der Waals surface area contributed by atoms with Gasteiger partial charge in [-0.2, -0.15) is 0 Å². The molecule has 0 fully saturated rings. The van der Waals surface area contributed by atoms with Crippen molar-refractivity contribution in [3.05, 3.63) is 35.5 Å². The Balaban J connectivity index is 2.64. The number of aryl methyl sites for hydroxylation is 1. The summed E-state index contributed by atoms with van der Waals surface area (Å²) in [7, 11) is 0. The zero-order valence-corrected chi connectivity index (χ0v) is 10.4. The number of nitrogens with zero attached hydrogens (tertiary/aromatic N) is 1. The number of benzene rings is 1. The first-order valence-electron chi connectivity index (χ1n) is 5.65. The van der Waals surface area contributed by atoms with E-state index in [1.54, 1.807) is 24.3 Å². The molecule has 6 nitrogen and oxygen atoms in total. The SMILES string of the molecule is Cc1cc(N)c2cc(C(C(N)=O)C(N)=O)ccc2n1. The van der Waals surface area contributed by atoms with Crippen LogP contribution in [0.2, 0.25) is 0 Å². The molecule has 19 heavy (non-hydrogen) atoms. The lowest BCUT2D eigenvalue weighted by atomic mass is 9.96. The topological polar surface area (TPSA) is 125 Å². The van der Waals surface area contributed by atoms with Crippen LogP contribution in [0.3, 0.4) is 0 Å². The molecule has 0 bridgehead atoms. The average molecular weight is 258 g/mol. The molecular weight excluding hydrogens is 244 g/mol. The number of pyridine rings is 1. The molecule has 0 saturated heterocycles. The molecular formula is C13H14N4O2. The Bertz CT molecular complexity index is 668. The van der Waals surface area contributed by atoms with Crippen molar-refractivity contribution in [2.24, 2.45) is 11.5 Å². The highest BCUT2D eigenvalue weighted by Gasteiger charge is 2.24. The fraction of sp³-hybridized carbons (Fsp3) is 0.154. The van der Waals surface area contributed by atoms with Gasteiger partial charge in [0.1, 0.15) is 5.92 Å². The maximum atomic E-state index is 11.3. The summed E-state index contributed by atoms with van der Waals surface area (Å²) in [6.07, 6.45) is 0. The molecule has 1 heterocycles. The summed E-state index contributed by atoms with van der Waals surface area (Å²) in [5.41, 5.74) is 18.7. The van der Waals surface area contributed by atoms with Crippen LogP contribution in [0.25, 0.3) is 10.9 Å². The highest BCUT2D eigenvalue weighted by molar-refractivity contribution is 6.05. The maximum Gasteiger partial charge on any atom is 0.234 e. The number of fused-ring (bicyclic) bond motifs is 1. The Morgan fingerprint density at radius 1 is 1.16 bits per heavy atom. The molecule has 0 aliphatic heterocycles. The van der Waals surface area contributed by atoms with Crippen LogP contribution in [-0.4, -0.2) is 16.8 Å². The van der Waals surface area contributed by atoms with Gasteiger partial charge in [0.25, 0.3) is 0 Å². The van der Waals surface area contributed by atoms with E-state index in [0.29, 0.717) is 22.2 Å². The van der Waals surface area contributed by atoms with Gasteiger partial charge in [-0.1, -0.05) is 6.07 Å². The third-order valence-electron chi connectivity index (χ3n) is 2.90. The molecule has 98 valence electrons. The van der Waals surface area contributed by atoms with Crippen molar-refractivity contribution in [2.75, 3.05) is 5.73 Å². The predicted molar refractivity (Wildman–Crippen MR) is 72.0 cm³/mol. The molecule has 0 saturated carbocycles. The fourth-order valence-electron chi connectivity index (χ4n) is 2.06. The van der Waals surface area contributed by atoms with Gasteiger partial charge in [0, 0.05) is 16.8 Å². The summed E-state index contributed by atoms with van der Waals surface area (Å²) in [6.45, 7) is 1.83. The quantitative estimate of drug-likeness (QED) is 0.679. The number of rotatable bonds is 3. The first kappa shape index (κ1) is 12.8. The number of nitrogen functional groups attached to an aromatic ring is 1. The van der Waals surface area contributed by atoms with Gasteiger partial charge in [0.05, 0.1) is 5.52 Å². The van der Waals surface area contributed by atoms with Crippen LogP contribution in [0.1, 0.15) is 17.2 Å². The van der Waals surface area contributed by atoms with Crippen LogP contribution in [0.15, 0.2) is 24.3 Å². The number of amides is 2. The zero-order chi connectivity index (χ0) is 14.2. The highest BCUT2D eigenvalue weighted by atomic mass is 16.2. The van der Waals surface area contributed by atoms with E-state index in [0.717, 1.165) is 5.69 Å². The van der Waals surface area contributed by atoms with Crippen LogP contribution in [0, 0.1) is 6.92 Å². The number of carbonyl (C=O) groups is 2. The number of aromatic nitrogens is 1. The van der Waals surface area contributed by atoms with E-state index in [9.17, 15) is 9.59 Å². The van der Waals surface area contributed by atoms with Gasteiger partial charge < -0.3 is 17.2 Å². The van der Waals surface area contributed by atoms with Crippen molar-refractivity contribution in [3.63, 3.8) is 0 Å². The van der Waals surface area contributed by atoms with E-state index in [4.69, 9.17) is 17.2 Å². The standard InChI is InChI=1S/C13H14N4O2/c1-6-4-9(14)8-5-7(2-3-10(8)17-6)11(12(15)18)13(16)19/h2-5,11H,1H3,(H2,14,17)(H2,15,18)(H2,16,19). The van der Waals surface area contributed by atoms with Gasteiger partial charge >= 0.3 is 0 Å². The first-order chi connectivity index (χ1) is 8.90. The number of hydrogen-bond donors (Lipinski definition) is 3. The minimum Gasteiger partial charge on any atom is -0.398 e. The van der Waals surface area contributed by atoms with Crippen LogP contribution in [0.5, 0.6) is 0 Å². The second-order valence-electron chi connectivity index (χ2n) is 4.37. The van der Waals surface area contributed by atoms with E-state index in [-0.39, 0.29) is 0 Å². The van der Waals surface area contributed by atoms with E-state index in [1.165, 1.54) is 0 Å². The third kappa shape index (κ3) is 2.33. The Morgan fingerprint density at radius 3 is 2.37 bits per heavy atom. The van der Waals surface area contributed by atoms with Gasteiger partial charge in [-0.05, 0) is 30.7 Å². The third-order valence-corrected chi connectivity index (χ3v) is 2.90. The number of anilines is 1. The normalized spacial score (nSPS) is 10.8. The highest BCUT2D eigenvalue weighted by Crippen LogP contribution is 2.25. The summed E-state index contributed by atoms with van der Waals surface area (Å²) in [5.74, 6) is -2.74. The second-order valence-corrected chi connectivity index (χ2v) is 4.37. The Morgan fingerprint density at radius 2 is 1.79 bits per heavy atom. The van der Waals surface area contributed by atoms with Gasteiger partial charge in [0.15, 0.2) is 0 Å². The predicted octanol–water partition coefficient (Wildman–Crippen LogP) is 0.180. The van der Waals surface area contributed by atoms with Crippen molar-refractivity contribution in [3.8, 4) is 0 Å². The molecule has 2 rings (SSSR count). The largest absolute Gasteiger partial charge is 0.398 e. The van der Waals surface area contributed by atoms with Crippen LogP contribution >= 0.6 is 0 Å². The summed E-state index contributed by atoms with van der Waals surface area (Å²) >= 11 is 0. The molecule has 0 unspecified atom stereocenters. The molecule has 1 aromatic heterocycles. The molecule has 2 aromatic rings. The number of nitrogens with two attached hydrogens (primary N) is 3. The Hall–Kier alpha value is -2.63. The lowest BCUT2D eigenvalue weighted by Gasteiger charge is -2.11. The monoisotopic (exact) mass is 258 g/mol. The summed E-state index contributed by atoms with van der Waals surface area (Å²) < 4.78 is 0. The lowest BCUT2D eigenvalue weighted by Crippen LogP contribution is -2.33. The lowest BCUT2D eigenvalue weighted by molar-refractivity contribution is -0.128. The van der Waals surface area contributed by atoms with Crippen LogP contribution in [-0.2, 0) is 9.59 Å². The average Bonchev–Trinajstić information content (AvgIpc) is 2.28. The fourth-order valence-corrected chi connectivity index (χ4v) is 2.06. The molecule has 0 aliphatic carbocycles. The van der Waals surface area contributed by atoms with Gasteiger partial charge in [-0.25, -0.2) is 0 Å². The summed E-state index contributed by atoms with van der Waals surface area (Å²) in [5, 5.41) is 0.663. The van der Waals surface area contributed by atoms with E-state index in [1.807, 2.05) is 6.92 Å². The number of hydrogen-bond acceptors (Lipinski definition) is 4. The smallest absolute Gasteiger partial charge is 0.234 e. The van der Waals surface area contributed by atoms with Crippen LogP contribution in [0.4, 0.5) is 5.69 Å². The summed E-state index contributed by atoms with van der Waals surface area (Å²) in [6, 6.07) is 6.63. The van der Waals surface area contributed by atoms with Crippen molar-refractivity contribution in [1.29, 1.82) is 0 Å². The van der Waals surface area contributed by atoms with Crippen LogP contribution < -0.4 is 17.2 Å². The van der Waals surface area contributed by atoms with E-state index < -0.39 is 17.7 Å². The molecule has 0 spiro atoms. The Kier molecular flexibility index (Phi) is 3.08. The van der Waals surface area contributed by atoms with E-state index in [2.05, 4.69) is 4.98 Å². The van der Waals surface area contributed by atoms with E-state index >= 15 is 0 Å². The van der Waals surface area contributed by atoms with Gasteiger partial charge in [-0.3, -0.25) is 14.6 Å². The summed E-state index contributed by atoms with van der Waals surface area (Å²) in [4.78, 5) is 26.9. The molecule has 2 amide bonds. The zero-order valence-electron chi connectivity index (χ0n) is 10.4. The molecule has 0 aliphatic rings. The van der Waals surface area contributed by atoms with Crippen molar-refractivity contribution < 1.29 is 9.59 Å². The van der Waals surface area contributed by atoms with Crippen molar-refractivity contribution in [1.82, 2.24) is 4.98 Å². The van der Waals surface area contributed by atoms with Gasteiger partial charge in [0.2, 0.25) is 11.8 Å². The van der Waals surface area contributed by atoms with Crippen molar-refractivity contribution >= 4 is 28.4 Å². The number of primary amides is 2. The molecule has 1 aromatic carbocycles. The van der Waals surface area contributed by atoms with Gasteiger partial charge in [-0.15, -0.1) is 0 Å². The first-order valence-corrected chi connectivity index (χ1v) is 5.65. The number of carbonyl (C=O) groups excluding carboxylic acids is 2. The maximum absolute atomic E-state index is 11.3. The Labute approximate surface area is 109 Å². The second kappa shape index (κ2) is 4.56.